The minimum atomic E-state index is 0.261. The van der Waals surface area contributed by atoms with Crippen LogP contribution in [0.4, 0.5) is 5.82 Å². The molecule has 5 rings (SSSR count). The molecule has 2 aromatic heterocycles. The number of hydrogen-bond donors (Lipinski definition) is 1. The molecule has 8 heteroatoms. The first kappa shape index (κ1) is 20.0. The highest BCUT2D eigenvalue weighted by molar-refractivity contribution is 5.64. The van der Waals surface area contributed by atoms with Crippen molar-refractivity contribution in [2.75, 3.05) is 32.5 Å². The molecule has 2 N–H and O–H groups in total. The lowest BCUT2D eigenvalue weighted by molar-refractivity contribution is 0.0662. The van der Waals surface area contributed by atoms with Crippen molar-refractivity contribution in [3.05, 3.63) is 47.4 Å². The second-order valence-electron chi connectivity index (χ2n) is 8.47. The third-order valence-electron chi connectivity index (χ3n) is 6.17. The average Bonchev–Trinajstić information content (AvgIpc) is 3.24. The second-order valence-corrected chi connectivity index (χ2v) is 8.47. The predicted octanol–water partition coefficient (Wildman–Crippen LogP) is 3.36. The number of hydrogen-bond acceptors (Lipinski definition) is 7. The molecular weight excluding hydrogens is 392 g/mol. The number of likely N-dealkylation sites (N-methyl/N-ethyl adjacent to an activating group) is 1. The lowest BCUT2D eigenvalue weighted by Gasteiger charge is -2.27. The summed E-state index contributed by atoms with van der Waals surface area (Å²) in [7, 11) is 2.15. The molecule has 1 fully saturated rings. The Labute approximate surface area is 182 Å². The maximum absolute atomic E-state index is 6.07. The van der Waals surface area contributed by atoms with Crippen LogP contribution in [0, 0.1) is 6.92 Å². The summed E-state index contributed by atoms with van der Waals surface area (Å²) in [6.07, 6.45) is 8.28. The van der Waals surface area contributed by atoms with E-state index < -0.39 is 0 Å². The number of nitrogen functional groups attached to an aromatic ring is 1. The van der Waals surface area contributed by atoms with Crippen molar-refractivity contribution in [2.24, 2.45) is 0 Å². The van der Waals surface area contributed by atoms with Crippen LogP contribution < -0.4 is 10.5 Å². The zero-order chi connectivity index (χ0) is 21.4. The lowest BCUT2D eigenvalue weighted by Crippen LogP contribution is -2.27. The molecule has 0 bridgehead atoms. The molecule has 1 aromatic carbocycles. The van der Waals surface area contributed by atoms with Gasteiger partial charge >= 0.3 is 0 Å². The minimum absolute atomic E-state index is 0.261. The van der Waals surface area contributed by atoms with Crippen LogP contribution in [0.3, 0.4) is 0 Å². The van der Waals surface area contributed by atoms with Gasteiger partial charge in [-0.25, -0.2) is 9.97 Å². The Morgan fingerprint density at radius 1 is 1.19 bits per heavy atom. The number of anilines is 1. The first-order valence-corrected chi connectivity index (χ1v) is 10.8. The highest BCUT2D eigenvalue weighted by atomic mass is 16.5. The largest absolute Gasteiger partial charge is 0.433 e. The van der Waals surface area contributed by atoms with Crippen molar-refractivity contribution in [2.45, 2.75) is 38.8 Å². The summed E-state index contributed by atoms with van der Waals surface area (Å²) in [6, 6.07) is 4.72. The van der Waals surface area contributed by atoms with Crippen LogP contribution in [-0.4, -0.2) is 51.5 Å². The summed E-state index contributed by atoms with van der Waals surface area (Å²) in [6.45, 7) is 5.73. The molecule has 0 spiro atoms. The van der Waals surface area contributed by atoms with E-state index in [-0.39, 0.29) is 5.82 Å². The third kappa shape index (κ3) is 4.13. The third-order valence-corrected chi connectivity index (χ3v) is 6.17. The van der Waals surface area contributed by atoms with Gasteiger partial charge in [-0.15, -0.1) is 0 Å². The summed E-state index contributed by atoms with van der Waals surface area (Å²) in [4.78, 5) is 11.4. The van der Waals surface area contributed by atoms with Crippen molar-refractivity contribution in [3.8, 4) is 22.9 Å². The fraction of sp³-hybridized carbons (Fsp3) is 0.435. The second kappa shape index (κ2) is 8.28. The van der Waals surface area contributed by atoms with Gasteiger partial charge in [-0.1, -0.05) is 0 Å². The van der Waals surface area contributed by atoms with Gasteiger partial charge in [0.05, 0.1) is 30.3 Å². The van der Waals surface area contributed by atoms with E-state index in [0.29, 0.717) is 17.7 Å². The Hall–Kier alpha value is -2.97. The standard InChI is InChI=1S/C23H28N6O2/c1-15-9-16(10-17-13-28(2)6-3-20(15)17)21-12-25-22(24)23(27-21)31-19-11-26-29(14-19)18-4-7-30-8-5-18/h9-12,14,18H,3-8,13H2,1-2H3,(H2,24,25). The fourth-order valence-corrected chi connectivity index (χ4v) is 4.44. The Morgan fingerprint density at radius 2 is 2.03 bits per heavy atom. The van der Waals surface area contributed by atoms with Gasteiger partial charge in [-0.3, -0.25) is 4.68 Å². The van der Waals surface area contributed by atoms with Gasteiger partial charge < -0.3 is 20.1 Å². The average molecular weight is 421 g/mol. The van der Waals surface area contributed by atoms with Crippen molar-refractivity contribution >= 4 is 5.82 Å². The van der Waals surface area contributed by atoms with E-state index in [0.717, 1.165) is 56.8 Å². The summed E-state index contributed by atoms with van der Waals surface area (Å²) < 4.78 is 13.4. The Bertz CT molecular complexity index is 1090. The van der Waals surface area contributed by atoms with E-state index in [2.05, 4.69) is 46.1 Å². The summed E-state index contributed by atoms with van der Waals surface area (Å²) >= 11 is 0. The Morgan fingerprint density at radius 3 is 2.87 bits per heavy atom. The van der Waals surface area contributed by atoms with Crippen molar-refractivity contribution < 1.29 is 9.47 Å². The number of fused-ring (bicyclic) bond motifs is 1. The van der Waals surface area contributed by atoms with E-state index >= 15 is 0 Å². The fourth-order valence-electron chi connectivity index (χ4n) is 4.44. The normalized spacial score (nSPS) is 17.5. The van der Waals surface area contributed by atoms with Gasteiger partial charge in [0.2, 0.25) is 0 Å². The number of nitrogens with zero attached hydrogens (tertiary/aromatic N) is 5. The molecule has 0 aliphatic carbocycles. The van der Waals surface area contributed by atoms with Gasteiger partial charge in [0.15, 0.2) is 11.6 Å². The first-order chi connectivity index (χ1) is 15.1. The lowest BCUT2D eigenvalue weighted by atomic mass is 9.92. The van der Waals surface area contributed by atoms with Gasteiger partial charge in [-0.05, 0) is 62.1 Å². The van der Waals surface area contributed by atoms with Crippen LogP contribution in [0.1, 0.15) is 35.6 Å². The van der Waals surface area contributed by atoms with E-state index in [1.54, 1.807) is 12.4 Å². The molecule has 0 saturated carbocycles. The molecule has 1 saturated heterocycles. The van der Waals surface area contributed by atoms with Crippen LogP contribution in [0.15, 0.2) is 30.7 Å². The zero-order valence-electron chi connectivity index (χ0n) is 18.0. The van der Waals surface area contributed by atoms with E-state index in [1.807, 2.05) is 10.9 Å². The zero-order valence-corrected chi connectivity index (χ0v) is 18.0. The SMILES string of the molecule is Cc1cc(-c2cnc(N)c(Oc3cnn(C4CCOCC4)c3)n2)cc2c1CCN(C)C2. The van der Waals surface area contributed by atoms with Crippen LogP contribution in [0.25, 0.3) is 11.3 Å². The summed E-state index contributed by atoms with van der Waals surface area (Å²) in [5.41, 5.74) is 11.9. The number of benzene rings is 1. The van der Waals surface area contributed by atoms with E-state index in [9.17, 15) is 0 Å². The highest BCUT2D eigenvalue weighted by Gasteiger charge is 2.19. The van der Waals surface area contributed by atoms with Crippen molar-refractivity contribution in [3.63, 3.8) is 0 Å². The van der Waals surface area contributed by atoms with Crippen LogP contribution in [0.5, 0.6) is 11.6 Å². The molecule has 3 aromatic rings. The van der Waals surface area contributed by atoms with Gasteiger partial charge in [0, 0.05) is 31.9 Å². The molecule has 31 heavy (non-hydrogen) atoms. The Kier molecular flexibility index (Phi) is 5.33. The number of rotatable bonds is 4. The van der Waals surface area contributed by atoms with Crippen LogP contribution in [0.2, 0.25) is 0 Å². The molecule has 8 nitrogen and oxygen atoms in total. The molecule has 4 heterocycles. The molecule has 2 aliphatic heterocycles. The van der Waals surface area contributed by atoms with Crippen molar-refractivity contribution in [1.29, 1.82) is 0 Å². The quantitative estimate of drug-likeness (QED) is 0.692. The van der Waals surface area contributed by atoms with Crippen LogP contribution >= 0.6 is 0 Å². The maximum Gasteiger partial charge on any atom is 0.263 e. The summed E-state index contributed by atoms with van der Waals surface area (Å²) in [5.74, 6) is 1.17. The number of aryl methyl sites for hydroxylation is 1. The smallest absolute Gasteiger partial charge is 0.263 e. The summed E-state index contributed by atoms with van der Waals surface area (Å²) in [5, 5.41) is 4.46. The van der Waals surface area contributed by atoms with Gasteiger partial charge in [-0.2, -0.15) is 5.10 Å². The molecule has 0 amide bonds. The topological polar surface area (TPSA) is 91.3 Å². The Balaban J connectivity index is 1.41. The number of aromatic nitrogens is 4. The van der Waals surface area contributed by atoms with Crippen molar-refractivity contribution in [1.82, 2.24) is 24.6 Å². The highest BCUT2D eigenvalue weighted by Crippen LogP contribution is 2.31. The first-order valence-electron chi connectivity index (χ1n) is 10.8. The molecule has 2 aliphatic rings. The van der Waals surface area contributed by atoms with Gasteiger partial charge in [0.1, 0.15) is 0 Å². The predicted molar refractivity (Wildman–Crippen MR) is 118 cm³/mol. The molecule has 0 radical (unpaired) electrons. The van der Waals surface area contributed by atoms with E-state index in [1.165, 1.54) is 16.7 Å². The number of ether oxygens (including phenoxy) is 2. The molecular formula is C23H28N6O2. The molecule has 0 unspecified atom stereocenters. The molecule has 162 valence electrons. The maximum atomic E-state index is 6.07. The number of nitrogens with two attached hydrogens (primary N) is 1. The molecule has 0 atom stereocenters. The van der Waals surface area contributed by atoms with Gasteiger partial charge in [0.25, 0.3) is 5.88 Å². The monoisotopic (exact) mass is 420 g/mol. The van der Waals surface area contributed by atoms with Crippen LogP contribution in [-0.2, 0) is 17.7 Å². The minimum Gasteiger partial charge on any atom is -0.433 e. The van der Waals surface area contributed by atoms with E-state index in [4.69, 9.17) is 15.2 Å².